The van der Waals surface area contributed by atoms with Gasteiger partial charge in [0.25, 0.3) is 5.91 Å². The van der Waals surface area contributed by atoms with Crippen molar-refractivity contribution in [3.63, 3.8) is 0 Å². The molecule has 3 rings (SSSR count). The fourth-order valence-corrected chi connectivity index (χ4v) is 3.56. The Hall–Kier alpha value is -2.21. The summed E-state index contributed by atoms with van der Waals surface area (Å²) >= 11 is 1.41. The smallest absolute Gasteiger partial charge is 0.257 e. The molecule has 126 valence electrons. The molecule has 1 aliphatic carbocycles. The fraction of sp³-hybridized carbons (Fsp3) is 0.389. The van der Waals surface area contributed by atoms with Crippen molar-refractivity contribution in [2.45, 2.75) is 39.2 Å². The number of anilines is 1. The van der Waals surface area contributed by atoms with Gasteiger partial charge >= 0.3 is 0 Å². The number of aryl methyl sites for hydroxylation is 1. The predicted molar refractivity (Wildman–Crippen MR) is 95.1 cm³/mol. The first kappa shape index (κ1) is 16.6. The second-order valence-corrected chi connectivity index (χ2v) is 7.00. The number of aromatic nitrogens is 1. The SMILES string of the molecule is Cc1csc(NC(=O)c2ccc(CNC(=O)C3CCCC3)cc2)n1. The van der Waals surface area contributed by atoms with Crippen LogP contribution >= 0.6 is 11.3 Å². The highest BCUT2D eigenvalue weighted by Crippen LogP contribution is 2.24. The molecule has 0 saturated heterocycles. The van der Waals surface area contributed by atoms with Crippen LogP contribution in [0.3, 0.4) is 0 Å². The number of amides is 2. The molecule has 2 aromatic rings. The van der Waals surface area contributed by atoms with Crippen LogP contribution in [0, 0.1) is 12.8 Å². The van der Waals surface area contributed by atoms with E-state index < -0.39 is 0 Å². The molecule has 1 aromatic heterocycles. The van der Waals surface area contributed by atoms with Crippen LogP contribution in [0.5, 0.6) is 0 Å². The molecule has 0 aliphatic heterocycles. The first-order valence-corrected chi connectivity index (χ1v) is 9.10. The van der Waals surface area contributed by atoms with Gasteiger partial charge in [0.15, 0.2) is 5.13 Å². The summed E-state index contributed by atoms with van der Waals surface area (Å²) in [4.78, 5) is 28.4. The maximum Gasteiger partial charge on any atom is 0.257 e. The minimum atomic E-state index is -0.175. The van der Waals surface area contributed by atoms with Crippen LogP contribution in [0.2, 0.25) is 0 Å². The van der Waals surface area contributed by atoms with E-state index in [4.69, 9.17) is 0 Å². The monoisotopic (exact) mass is 343 g/mol. The average Bonchev–Trinajstić information content (AvgIpc) is 3.25. The van der Waals surface area contributed by atoms with Crippen molar-refractivity contribution in [2.24, 2.45) is 5.92 Å². The summed E-state index contributed by atoms with van der Waals surface area (Å²) in [6.45, 7) is 2.39. The number of nitrogens with zero attached hydrogens (tertiary/aromatic N) is 1. The van der Waals surface area contributed by atoms with Crippen molar-refractivity contribution in [1.29, 1.82) is 0 Å². The number of hydrogen-bond donors (Lipinski definition) is 2. The van der Waals surface area contributed by atoms with Crippen molar-refractivity contribution >= 4 is 28.3 Å². The number of carbonyl (C=O) groups is 2. The Morgan fingerprint density at radius 3 is 2.54 bits per heavy atom. The summed E-state index contributed by atoms with van der Waals surface area (Å²) in [5.41, 5.74) is 2.46. The summed E-state index contributed by atoms with van der Waals surface area (Å²) in [6, 6.07) is 7.29. The van der Waals surface area contributed by atoms with Gasteiger partial charge in [-0.3, -0.25) is 14.9 Å². The quantitative estimate of drug-likeness (QED) is 0.873. The Labute approximate surface area is 145 Å². The van der Waals surface area contributed by atoms with Gasteiger partial charge in [-0.05, 0) is 37.5 Å². The molecular formula is C18H21N3O2S. The molecule has 1 heterocycles. The topological polar surface area (TPSA) is 71.1 Å². The van der Waals surface area contributed by atoms with Gasteiger partial charge in [-0.25, -0.2) is 4.98 Å². The van der Waals surface area contributed by atoms with E-state index in [-0.39, 0.29) is 17.7 Å². The van der Waals surface area contributed by atoms with Crippen molar-refractivity contribution in [3.8, 4) is 0 Å². The van der Waals surface area contributed by atoms with E-state index in [0.29, 0.717) is 17.2 Å². The molecule has 1 aromatic carbocycles. The normalized spacial score (nSPS) is 14.5. The first-order valence-electron chi connectivity index (χ1n) is 8.22. The molecule has 1 saturated carbocycles. The van der Waals surface area contributed by atoms with Crippen molar-refractivity contribution in [3.05, 3.63) is 46.5 Å². The Balaban J connectivity index is 1.52. The molecule has 0 atom stereocenters. The summed E-state index contributed by atoms with van der Waals surface area (Å²) in [5.74, 6) is 0.149. The average molecular weight is 343 g/mol. The second-order valence-electron chi connectivity index (χ2n) is 6.14. The number of carbonyl (C=O) groups excluding carboxylic acids is 2. The number of benzene rings is 1. The zero-order chi connectivity index (χ0) is 16.9. The Morgan fingerprint density at radius 1 is 1.21 bits per heavy atom. The molecule has 24 heavy (non-hydrogen) atoms. The van der Waals surface area contributed by atoms with Crippen LogP contribution in [0.1, 0.15) is 47.3 Å². The van der Waals surface area contributed by atoms with E-state index in [1.54, 1.807) is 12.1 Å². The highest BCUT2D eigenvalue weighted by atomic mass is 32.1. The first-order chi connectivity index (χ1) is 11.6. The van der Waals surface area contributed by atoms with Crippen LogP contribution in [-0.2, 0) is 11.3 Å². The Bertz CT molecular complexity index is 718. The molecule has 0 radical (unpaired) electrons. The third-order valence-corrected chi connectivity index (χ3v) is 5.12. The highest BCUT2D eigenvalue weighted by Gasteiger charge is 2.22. The fourth-order valence-electron chi connectivity index (χ4n) is 2.88. The van der Waals surface area contributed by atoms with Gasteiger partial charge in [-0.2, -0.15) is 0 Å². The van der Waals surface area contributed by atoms with Gasteiger partial charge in [0.1, 0.15) is 0 Å². The molecular weight excluding hydrogens is 322 g/mol. The van der Waals surface area contributed by atoms with Gasteiger partial charge in [-0.15, -0.1) is 11.3 Å². The standard InChI is InChI=1S/C18H21N3O2S/c1-12-11-24-18(20-12)21-17(23)15-8-6-13(7-9-15)10-19-16(22)14-4-2-3-5-14/h6-9,11,14H,2-5,10H2,1H3,(H,19,22)(H,20,21,23). The lowest BCUT2D eigenvalue weighted by Gasteiger charge is -2.10. The maximum atomic E-state index is 12.2. The van der Waals surface area contributed by atoms with Gasteiger partial charge in [0, 0.05) is 23.4 Å². The molecule has 2 amide bonds. The minimum absolute atomic E-state index is 0.147. The van der Waals surface area contributed by atoms with E-state index in [9.17, 15) is 9.59 Å². The zero-order valence-electron chi connectivity index (χ0n) is 13.7. The third-order valence-electron chi connectivity index (χ3n) is 4.25. The van der Waals surface area contributed by atoms with Crippen LogP contribution in [0.15, 0.2) is 29.6 Å². The number of rotatable bonds is 5. The van der Waals surface area contributed by atoms with Gasteiger partial charge in [0.2, 0.25) is 5.91 Å². The molecule has 0 bridgehead atoms. The molecule has 6 heteroatoms. The summed E-state index contributed by atoms with van der Waals surface area (Å²) in [6.07, 6.45) is 4.31. The van der Waals surface area contributed by atoms with Crippen LogP contribution < -0.4 is 10.6 Å². The summed E-state index contributed by atoms with van der Waals surface area (Å²) in [5, 5.41) is 8.27. The molecule has 1 fully saturated rings. The van der Waals surface area contributed by atoms with E-state index in [1.807, 2.05) is 24.4 Å². The number of thiazole rings is 1. The minimum Gasteiger partial charge on any atom is -0.352 e. The van der Waals surface area contributed by atoms with Gasteiger partial charge < -0.3 is 5.32 Å². The van der Waals surface area contributed by atoms with Crippen molar-refractivity contribution in [1.82, 2.24) is 10.3 Å². The molecule has 0 unspecified atom stereocenters. The van der Waals surface area contributed by atoms with E-state index in [2.05, 4.69) is 15.6 Å². The van der Waals surface area contributed by atoms with Gasteiger partial charge in [-0.1, -0.05) is 25.0 Å². The lowest BCUT2D eigenvalue weighted by atomic mass is 10.1. The number of hydrogen-bond acceptors (Lipinski definition) is 4. The van der Waals surface area contributed by atoms with E-state index in [0.717, 1.165) is 36.9 Å². The Morgan fingerprint density at radius 2 is 1.92 bits per heavy atom. The molecule has 5 nitrogen and oxygen atoms in total. The lowest BCUT2D eigenvalue weighted by molar-refractivity contribution is -0.124. The third kappa shape index (κ3) is 4.20. The lowest BCUT2D eigenvalue weighted by Crippen LogP contribution is -2.28. The maximum absolute atomic E-state index is 12.2. The molecule has 2 N–H and O–H groups in total. The van der Waals surface area contributed by atoms with Crippen LogP contribution in [-0.4, -0.2) is 16.8 Å². The molecule has 1 aliphatic rings. The summed E-state index contributed by atoms with van der Waals surface area (Å²) < 4.78 is 0. The summed E-state index contributed by atoms with van der Waals surface area (Å²) in [7, 11) is 0. The largest absolute Gasteiger partial charge is 0.352 e. The molecule has 0 spiro atoms. The second kappa shape index (κ2) is 7.57. The van der Waals surface area contributed by atoms with E-state index >= 15 is 0 Å². The van der Waals surface area contributed by atoms with Crippen molar-refractivity contribution in [2.75, 3.05) is 5.32 Å². The van der Waals surface area contributed by atoms with Crippen LogP contribution in [0.4, 0.5) is 5.13 Å². The zero-order valence-corrected chi connectivity index (χ0v) is 14.5. The van der Waals surface area contributed by atoms with Crippen molar-refractivity contribution < 1.29 is 9.59 Å². The van der Waals surface area contributed by atoms with Gasteiger partial charge in [0.05, 0.1) is 5.69 Å². The Kier molecular flexibility index (Phi) is 5.25. The number of nitrogens with one attached hydrogen (secondary N) is 2. The van der Waals surface area contributed by atoms with E-state index in [1.165, 1.54) is 11.3 Å². The highest BCUT2D eigenvalue weighted by molar-refractivity contribution is 7.13. The predicted octanol–water partition coefficient (Wildman–Crippen LogP) is 3.51. The van der Waals surface area contributed by atoms with Crippen LogP contribution in [0.25, 0.3) is 0 Å².